The molecular weight excluding hydrogens is 324 g/mol. The maximum absolute atomic E-state index is 12.7. The highest BCUT2D eigenvalue weighted by Gasteiger charge is 2.22. The molecule has 0 saturated carbocycles. The van der Waals surface area contributed by atoms with E-state index in [2.05, 4.69) is 17.4 Å². The number of nitrogens with one attached hydrogen (secondary N) is 1. The van der Waals surface area contributed by atoms with Crippen LogP contribution in [0.5, 0.6) is 0 Å². The molecule has 1 unspecified atom stereocenters. The van der Waals surface area contributed by atoms with Crippen LogP contribution >= 0.6 is 0 Å². The summed E-state index contributed by atoms with van der Waals surface area (Å²) in [5, 5.41) is 3.12. The third-order valence-corrected chi connectivity index (χ3v) is 4.85. The number of rotatable bonds is 5. The Kier molecular flexibility index (Phi) is 6.05. The van der Waals surface area contributed by atoms with Gasteiger partial charge in [0.05, 0.1) is 12.6 Å². The Morgan fingerprint density at radius 3 is 2.42 bits per heavy atom. The summed E-state index contributed by atoms with van der Waals surface area (Å²) in [5.41, 5.74) is 3.26. The molecule has 2 amide bonds. The van der Waals surface area contributed by atoms with Crippen molar-refractivity contribution in [2.45, 2.75) is 38.6 Å². The van der Waals surface area contributed by atoms with Crippen LogP contribution in [0, 0.1) is 6.92 Å². The predicted octanol–water partition coefficient (Wildman–Crippen LogP) is 3.60. The lowest BCUT2D eigenvalue weighted by molar-refractivity contribution is -0.135. The number of carbonyl (C=O) groups is 2. The molecule has 2 aromatic carbocycles. The van der Waals surface area contributed by atoms with Crippen molar-refractivity contribution in [2.75, 3.05) is 13.1 Å². The molecular formula is C22H26N2O2. The molecule has 4 heteroatoms. The van der Waals surface area contributed by atoms with Crippen LogP contribution in [0.3, 0.4) is 0 Å². The van der Waals surface area contributed by atoms with E-state index >= 15 is 0 Å². The summed E-state index contributed by atoms with van der Waals surface area (Å²) in [5.74, 6) is -0.0288. The molecule has 0 aromatic heterocycles. The Hall–Kier alpha value is -2.62. The van der Waals surface area contributed by atoms with Crippen LogP contribution in [0.1, 0.15) is 48.4 Å². The highest BCUT2D eigenvalue weighted by Crippen LogP contribution is 2.22. The zero-order valence-corrected chi connectivity index (χ0v) is 15.3. The van der Waals surface area contributed by atoms with Crippen LogP contribution in [0.4, 0.5) is 0 Å². The number of hydrogen-bond acceptors (Lipinski definition) is 2. The van der Waals surface area contributed by atoms with E-state index in [1.54, 1.807) is 4.90 Å². The van der Waals surface area contributed by atoms with Gasteiger partial charge in [0.2, 0.25) is 11.8 Å². The molecule has 1 aliphatic heterocycles. The van der Waals surface area contributed by atoms with Gasteiger partial charge in [-0.3, -0.25) is 9.59 Å². The fourth-order valence-electron chi connectivity index (χ4n) is 3.35. The molecule has 136 valence electrons. The van der Waals surface area contributed by atoms with Crippen LogP contribution < -0.4 is 5.32 Å². The predicted molar refractivity (Wildman–Crippen MR) is 103 cm³/mol. The van der Waals surface area contributed by atoms with E-state index in [0.29, 0.717) is 13.0 Å². The van der Waals surface area contributed by atoms with Crippen molar-refractivity contribution in [1.29, 1.82) is 0 Å². The van der Waals surface area contributed by atoms with Gasteiger partial charge in [0, 0.05) is 13.0 Å². The fourth-order valence-corrected chi connectivity index (χ4v) is 3.35. The van der Waals surface area contributed by atoms with Crippen LogP contribution in [0.25, 0.3) is 0 Å². The average Bonchev–Trinajstić information content (AvgIpc) is 2.86. The summed E-state index contributed by atoms with van der Waals surface area (Å²) < 4.78 is 0. The number of hydrogen-bond donors (Lipinski definition) is 1. The molecule has 0 spiro atoms. The third kappa shape index (κ3) is 4.72. The SMILES string of the molecule is Cc1ccc(C(NC(=O)CN2CCCCCC2=O)c2ccccc2)cc1. The number of benzene rings is 2. The molecule has 0 bridgehead atoms. The Morgan fingerprint density at radius 2 is 1.69 bits per heavy atom. The minimum Gasteiger partial charge on any atom is -0.344 e. The second kappa shape index (κ2) is 8.65. The van der Waals surface area contributed by atoms with Crippen molar-refractivity contribution < 1.29 is 9.59 Å². The number of likely N-dealkylation sites (tertiary alicyclic amines) is 1. The van der Waals surface area contributed by atoms with E-state index in [-0.39, 0.29) is 24.4 Å². The first kappa shape index (κ1) is 18.2. The lowest BCUT2D eigenvalue weighted by Crippen LogP contribution is -2.41. The smallest absolute Gasteiger partial charge is 0.240 e. The molecule has 1 heterocycles. The van der Waals surface area contributed by atoms with Crippen molar-refractivity contribution >= 4 is 11.8 Å². The molecule has 1 atom stereocenters. The Labute approximate surface area is 155 Å². The monoisotopic (exact) mass is 350 g/mol. The highest BCUT2D eigenvalue weighted by atomic mass is 16.2. The minimum atomic E-state index is -0.216. The number of nitrogens with zero attached hydrogens (tertiary/aromatic N) is 1. The number of amides is 2. The van der Waals surface area contributed by atoms with Gasteiger partial charge in [-0.25, -0.2) is 0 Å². The Bertz CT molecular complexity index is 740. The van der Waals surface area contributed by atoms with Gasteiger partial charge in [0.15, 0.2) is 0 Å². The summed E-state index contributed by atoms with van der Waals surface area (Å²) in [4.78, 5) is 26.5. The first-order valence-corrected chi connectivity index (χ1v) is 9.32. The van der Waals surface area contributed by atoms with E-state index in [4.69, 9.17) is 0 Å². The molecule has 0 aliphatic carbocycles. The van der Waals surface area contributed by atoms with Gasteiger partial charge < -0.3 is 10.2 Å². The Balaban J connectivity index is 1.76. The van der Waals surface area contributed by atoms with E-state index in [1.807, 2.05) is 49.4 Å². The normalized spacial score (nSPS) is 16.0. The lowest BCUT2D eigenvalue weighted by atomic mass is 9.98. The quantitative estimate of drug-likeness (QED) is 0.896. The summed E-state index contributed by atoms with van der Waals surface area (Å²) in [7, 11) is 0. The van der Waals surface area contributed by atoms with Gasteiger partial charge in [0.25, 0.3) is 0 Å². The van der Waals surface area contributed by atoms with Crippen molar-refractivity contribution in [2.24, 2.45) is 0 Å². The van der Waals surface area contributed by atoms with Crippen molar-refractivity contribution in [3.8, 4) is 0 Å². The Morgan fingerprint density at radius 1 is 1.00 bits per heavy atom. The molecule has 1 fully saturated rings. The minimum absolute atomic E-state index is 0.0873. The second-order valence-corrected chi connectivity index (χ2v) is 6.95. The zero-order chi connectivity index (χ0) is 18.4. The summed E-state index contributed by atoms with van der Waals surface area (Å²) >= 11 is 0. The highest BCUT2D eigenvalue weighted by molar-refractivity contribution is 5.85. The van der Waals surface area contributed by atoms with Gasteiger partial charge in [-0.05, 0) is 30.9 Å². The van der Waals surface area contributed by atoms with Crippen LogP contribution in [0.2, 0.25) is 0 Å². The first-order chi connectivity index (χ1) is 12.6. The van der Waals surface area contributed by atoms with Gasteiger partial charge in [-0.1, -0.05) is 66.6 Å². The molecule has 1 aliphatic rings. The molecule has 1 N–H and O–H groups in total. The molecule has 0 radical (unpaired) electrons. The fraction of sp³-hybridized carbons (Fsp3) is 0.364. The molecule has 3 rings (SSSR count). The van der Waals surface area contributed by atoms with Crippen molar-refractivity contribution in [3.63, 3.8) is 0 Å². The molecule has 1 saturated heterocycles. The van der Waals surface area contributed by atoms with Crippen LogP contribution in [0.15, 0.2) is 54.6 Å². The van der Waals surface area contributed by atoms with Gasteiger partial charge in [-0.2, -0.15) is 0 Å². The van der Waals surface area contributed by atoms with Crippen molar-refractivity contribution in [3.05, 3.63) is 71.3 Å². The van der Waals surface area contributed by atoms with E-state index < -0.39 is 0 Å². The van der Waals surface area contributed by atoms with Crippen molar-refractivity contribution in [1.82, 2.24) is 10.2 Å². The average molecular weight is 350 g/mol. The van der Waals surface area contributed by atoms with E-state index in [1.165, 1.54) is 5.56 Å². The molecule has 26 heavy (non-hydrogen) atoms. The topological polar surface area (TPSA) is 49.4 Å². The summed E-state index contributed by atoms with van der Waals surface area (Å²) in [6.07, 6.45) is 3.50. The van der Waals surface area contributed by atoms with E-state index in [9.17, 15) is 9.59 Å². The second-order valence-electron chi connectivity index (χ2n) is 6.95. The largest absolute Gasteiger partial charge is 0.344 e. The first-order valence-electron chi connectivity index (χ1n) is 9.32. The zero-order valence-electron chi connectivity index (χ0n) is 15.3. The van der Waals surface area contributed by atoms with Gasteiger partial charge in [-0.15, -0.1) is 0 Å². The maximum atomic E-state index is 12.7. The lowest BCUT2D eigenvalue weighted by Gasteiger charge is -2.24. The van der Waals surface area contributed by atoms with Crippen LogP contribution in [-0.2, 0) is 9.59 Å². The summed E-state index contributed by atoms with van der Waals surface area (Å²) in [6.45, 7) is 2.85. The van der Waals surface area contributed by atoms with Gasteiger partial charge in [0.1, 0.15) is 0 Å². The molecule has 4 nitrogen and oxygen atoms in total. The molecule has 2 aromatic rings. The standard InChI is InChI=1S/C22H26N2O2/c1-17-11-13-19(14-12-17)22(18-8-4-2-5-9-18)23-20(25)16-24-15-7-3-6-10-21(24)26/h2,4-5,8-9,11-14,22H,3,6-7,10,15-16H2,1H3,(H,23,25). The summed E-state index contributed by atoms with van der Waals surface area (Å²) in [6, 6.07) is 17.9. The maximum Gasteiger partial charge on any atom is 0.240 e. The van der Waals surface area contributed by atoms with Gasteiger partial charge >= 0.3 is 0 Å². The van der Waals surface area contributed by atoms with Crippen LogP contribution in [-0.4, -0.2) is 29.8 Å². The number of carbonyl (C=O) groups excluding carboxylic acids is 2. The third-order valence-electron chi connectivity index (χ3n) is 4.85. The van der Waals surface area contributed by atoms with E-state index in [0.717, 1.165) is 30.4 Å². The number of aryl methyl sites for hydroxylation is 1.